The van der Waals surface area contributed by atoms with Crippen molar-refractivity contribution < 1.29 is 65.9 Å². The van der Waals surface area contributed by atoms with Crippen LogP contribution in [0.4, 0.5) is 65.9 Å². The van der Waals surface area contributed by atoms with Gasteiger partial charge in [0.15, 0.2) is 0 Å². The molecule has 0 N–H and O–H groups in total. The molecule has 0 aliphatic rings. The first-order valence-electron chi connectivity index (χ1n) is 29.2. The van der Waals surface area contributed by atoms with Crippen LogP contribution in [0.3, 0.4) is 0 Å². The second-order valence-electron chi connectivity index (χ2n) is 21.3. The number of nitrogens with zero attached hydrogens (tertiary/aromatic N) is 10. The SMILES string of the molecule is Cc1c(C#N)cc(C#N)cc1C#N.Cc1c(C#N)cccc1C#N.Cc1c(C(F)(F)F)cccc1C(F)(F)F.Cc1cc(C#N)cc(C#N)c1.Cc1ccc(C#N)cc1.Cc1ccc(C#N)cc1C#N.Cc1ccc(C(F)(F)F)cc1.Cc1cccc(C(F)(F)F)c1.Cc1ccccc1C(F)(F)F. The van der Waals surface area contributed by atoms with E-state index in [1.54, 1.807) is 94.4 Å². The van der Waals surface area contributed by atoms with Gasteiger partial charge in [-0.25, -0.2) is 0 Å². The number of nitriles is 10. The van der Waals surface area contributed by atoms with Gasteiger partial charge in [0.1, 0.15) is 0 Å². The van der Waals surface area contributed by atoms with Gasteiger partial charge in [0.25, 0.3) is 0 Å². The summed E-state index contributed by atoms with van der Waals surface area (Å²) in [6.07, 6.45) is -22.2. The second-order valence-corrected chi connectivity index (χ2v) is 21.3. The standard InChI is InChI=1S/C10H5N3.C9H6F6.3C9H6N2.3C8H7F3.C8H7N/c1-7-9(5-12)2-8(4-11)3-10(7)6-13;1-5-6(8(10,11)12)3-2-4-7(5)9(13,14)15;1-7-2-8(5-10)4-9(3-7)6-11;1-7-2-3-8(5-10)4-9(7)6-11;1-7-8(5-10)3-2-4-9(7)6-11;1-6-2-4-7(5-3-6)8(9,10)11;1-6-3-2-4-7(5-6)8(9,10)11;1-6-4-2-3-5-7(6)8(9,10)11;1-7-2-4-8(6-9)5-3-7/h2-3H,1H3;2-4H,1H3;3*2-4H,1H3;3*2-5H,1H3;2-5H,1H3. The summed E-state index contributed by atoms with van der Waals surface area (Å²) < 4.78 is 181. The second kappa shape index (κ2) is 41.3. The fourth-order valence-corrected chi connectivity index (χ4v) is 7.95. The Bertz CT molecular complexity index is 4640. The average molecular weight is 1420 g/mol. The summed E-state index contributed by atoms with van der Waals surface area (Å²) in [5.74, 6) is 0. The van der Waals surface area contributed by atoms with E-state index in [1.165, 1.54) is 55.0 Å². The van der Waals surface area contributed by atoms with Crippen LogP contribution in [-0.4, -0.2) is 0 Å². The summed E-state index contributed by atoms with van der Waals surface area (Å²) in [7, 11) is 0. The van der Waals surface area contributed by atoms with Gasteiger partial charge in [-0.2, -0.15) is 118 Å². The molecule has 0 unspecified atom stereocenters. The molecule has 0 spiro atoms. The number of benzene rings is 9. The van der Waals surface area contributed by atoms with Gasteiger partial charge in [-0.1, -0.05) is 95.6 Å². The lowest BCUT2D eigenvalue weighted by molar-refractivity contribution is -0.144. The van der Waals surface area contributed by atoms with Crippen LogP contribution in [0.1, 0.15) is 134 Å². The van der Waals surface area contributed by atoms with E-state index < -0.39 is 64.3 Å². The van der Waals surface area contributed by atoms with Crippen molar-refractivity contribution in [1.29, 1.82) is 52.6 Å². The Morgan fingerprint density at radius 1 is 0.214 bits per heavy atom. The Balaban J connectivity index is 0.000000581. The Kier molecular flexibility index (Phi) is 35.2. The molecular weight excluding hydrogens is 1360 g/mol. The first kappa shape index (κ1) is 87.8. The van der Waals surface area contributed by atoms with Crippen LogP contribution in [0.15, 0.2) is 182 Å². The molecule has 9 rings (SSSR count). The van der Waals surface area contributed by atoms with Crippen LogP contribution >= 0.6 is 0 Å². The third-order valence-corrected chi connectivity index (χ3v) is 13.5. The molecule has 524 valence electrons. The molecule has 10 nitrogen and oxygen atoms in total. The van der Waals surface area contributed by atoms with Gasteiger partial charge >= 0.3 is 30.9 Å². The molecule has 0 atom stereocenters. The zero-order valence-electron chi connectivity index (χ0n) is 56.0. The summed E-state index contributed by atoms with van der Waals surface area (Å²) in [5, 5.41) is 85.6. The van der Waals surface area contributed by atoms with Crippen LogP contribution in [0.5, 0.6) is 0 Å². The maximum Gasteiger partial charge on any atom is 0.416 e. The number of aryl methyl sites for hydroxylation is 6. The van der Waals surface area contributed by atoms with Gasteiger partial charge in [-0.05, 0) is 199 Å². The molecule has 0 heterocycles. The summed E-state index contributed by atoms with van der Waals surface area (Å²) in [6, 6.07) is 63.4. The molecule has 0 amide bonds. The Labute approximate surface area is 585 Å². The zero-order valence-corrected chi connectivity index (χ0v) is 56.0. The minimum Gasteiger partial charge on any atom is -0.192 e. The van der Waals surface area contributed by atoms with E-state index in [2.05, 4.69) is 6.07 Å². The van der Waals surface area contributed by atoms with Crippen LogP contribution < -0.4 is 0 Å². The topological polar surface area (TPSA) is 238 Å². The monoisotopic (exact) mass is 1420 g/mol. The van der Waals surface area contributed by atoms with E-state index in [-0.39, 0.29) is 5.56 Å². The highest BCUT2D eigenvalue weighted by molar-refractivity contribution is 5.53. The molecule has 0 aliphatic heterocycles. The van der Waals surface area contributed by atoms with E-state index in [0.717, 1.165) is 71.1 Å². The Hall–Kier alpha value is -13.2. The molecule has 0 saturated heterocycles. The van der Waals surface area contributed by atoms with E-state index in [1.807, 2.05) is 99.7 Å². The fourth-order valence-electron chi connectivity index (χ4n) is 7.95. The molecule has 9 aromatic rings. The van der Waals surface area contributed by atoms with E-state index in [9.17, 15) is 65.9 Å². The van der Waals surface area contributed by atoms with Crippen molar-refractivity contribution >= 4 is 0 Å². The van der Waals surface area contributed by atoms with Gasteiger partial charge in [-0.15, -0.1) is 0 Å². The van der Waals surface area contributed by atoms with E-state index in [0.29, 0.717) is 73.3 Å². The molecule has 0 radical (unpaired) electrons. The number of halogens is 15. The van der Waals surface area contributed by atoms with Crippen molar-refractivity contribution in [3.8, 4) is 60.7 Å². The molecular formula is C78H57F15N10. The summed E-state index contributed by atoms with van der Waals surface area (Å²) >= 11 is 0. The van der Waals surface area contributed by atoms with Gasteiger partial charge < -0.3 is 0 Å². The normalized spacial score (nSPS) is 10.0. The predicted molar refractivity (Wildman–Crippen MR) is 353 cm³/mol. The van der Waals surface area contributed by atoms with Crippen LogP contribution in [0.2, 0.25) is 0 Å². The van der Waals surface area contributed by atoms with E-state index in [4.69, 9.17) is 52.6 Å². The minimum absolute atomic E-state index is 0.264. The zero-order chi connectivity index (χ0) is 78.6. The third kappa shape index (κ3) is 31.1. The number of alkyl halides is 15. The lowest BCUT2D eigenvalue weighted by Crippen LogP contribution is -2.14. The Morgan fingerprint density at radius 3 is 0.922 bits per heavy atom. The van der Waals surface area contributed by atoms with Crippen molar-refractivity contribution in [1.82, 2.24) is 0 Å². The molecule has 103 heavy (non-hydrogen) atoms. The largest absolute Gasteiger partial charge is 0.416 e. The van der Waals surface area contributed by atoms with Gasteiger partial charge in [0.05, 0.1) is 144 Å². The molecule has 0 aliphatic carbocycles. The fraction of sp³-hybridized carbons (Fsp3) is 0.179. The maximum absolute atomic E-state index is 12.2. The van der Waals surface area contributed by atoms with Crippen molar-refractivity contribution in [3.05, 3.63) is 316 Å². The molecule has 9 aromatic carbocycles. The molecule has 0 bridgehead atoms. The lowest BCUT2D eigenvalue weighted by atomic mass is 10.0. The Morgan fingerprint density at radius 2 is 0.563 bits per heavy atom. The highest BCUT2D eigenvalue weighted by Gasteiger charge is 2.39. The van der Waals surface area contributed by atoms with Gasteiger partial charge in [-0.3, -0.25) is 0 Å². The summed E-state index contributed by atoms with van der Waals surface area (Å²) in [5.41, 5.74) is 6.30. The highest BCUT2D eigenvalue weighted by atomic mass is 19.4. The summed E-state index contributed by atoms with van der Waals surface area (Å²) in [4.78, 5) is 0. The number of hydrogen-bond acceptors (Lipinski definition) is 10. The smallest absolute Gasteiger partial charge is 0.192 e. The van der Waals surface area contributed by atoms with Gasteiger partial charge in [0.2, 0.25) is 0 Å². The average Bonchev–Trinajstić information content (AvgIpc) is 0.797. The van der Waals surface area contributed by atoms with Crippen LogP contribution in [0, 0.1) is 176 Å². The van der Waals surface area contributed by atoms with Gasteiger partial charge in [0, 0.05) is 0 Å². The predicted octanol–water partition coefficient (Wildman–Crippen LogP) is 21.8. The van der Waals surface area contributed by atoms with Crippen molar-refractivity contribution in [2.24, 2.45) is 0 Å². The molecule has 0 fully saturated rings. The molecule has 25 heteroatoms. The van der Waals surface area contributed by atoms with Crippen molar-refractivity contribution in [3.63, 3.8) is 0 Å². The number of rotatable bonds is 0. The number of hydrogen-bond donors (Lipinski definition) is 0. The third-order valence-electron chi connectivity index (χ3n) is 13.5. The molecule has 0 saturated carbocycles. The quantitative estimate of drug-likeness (QED) is 0.130. The maximum atomic E-state index is 12.2. The highest BCUT2D eigenvalue weighted by Crippen LogP contribution is 2.39. The lowest BCUT2D eigenvalue weighted by Gasteiger charge is -2.15. The van der Waals surface area contributed by atoms with Crippen LogP contribution in [0.25, 0.3) is 0 Å². The minimum atomic E-state index is -4.76. The summed E-state index contributed by atoms with van der Waals surface area (Å²) in [6.45, 7) is 14.8. The van der Waals surface area contributed by atoms with E-state index >= 15 is 0 Å². The first-order chi connectivity index (χ1) is 48.0. The molecule has 0 aromatic heterocycles. The van der Waals surface area contributed by atoms with Crippen LogP contribution in [-0.2, 0) is 30.9 Å². The van der Waals surface area contributed by atoms with Crippen molar-refractivity contribution in [2.75, 3.05) is 0 Å². The first-order valence-corrected chi connectivity index (χ1v) is 29.2. The van der Waals surface area contributed by atoms with Crippen molar-refractivity contribution in [2.45, 2.75) is 93.2 Å².